The van der Waals surface area contributed by atoms with Gasteiger partial charge in [-0.1, -0.05) is 35.9 Å². The van der Waals surface area contributed by atoms with Crippen LogP contribution in [-0.4, -0.2) is 20.7 Å². The van der Waals surface area contributed by atoms with Gasteiger partial charge in [0.2, 0.25) is 5.82 Å². The van der Waals surface area contributed by atoms with E-state index < -0.39 is 5.91 Å². The van der Waals surface area contributed by atoms with Crippen LogP contribution in [0.15, 0.2) is 66.7 Å². The average molecular weight is 400 g/mol. The number of benzene rings is 3. The molecule has 1 amide bonds. The van der Waals surface area contributed by atoms with Gasteiger partial charge in [-0.2, -0.15) is 0 Å². The zero-order valence-electron chi connectivity index (χ0n) is 17.0. The Bertz CT molecular complexity index is 1230. The number of carbonyl (C=O) groups is 1. The first-order valence-electron chi connectivity index (χ1n) is 9.60. The molecule has 150 valence electrons. The first-order valence-corrected chi connectivity index (χ1v) is 9.60. The number of aryl methyl sites for hydroxylation is 2. The number of anilines is 1. The van der Waals surface area contributed by atoms with E-state index in [4.69, 9.17) is 0 Å². The highest BCUT2D eigenvalue weighted by Crippen LogP contribution is 2.24. The Morgan fingerprint density at radius 3 is 2.43 bits per heavy atom. The van der Waals surface area contributed by atoms with Crippen LogP contribution < -0.4 is 5.32 Å². The minimum atomic E-state index is -0.404. The van der Waals surface area contributed by atoms with Crippen LogP contribution >= 0.6 is 0 Å². The molecule has 1 aromatic heterocycles. The molecule has 0 saturated carbocycles. The largest absolute Gasteiger partial charge is 0.319 e. The fourth-order valence-corrected chi connectivity index (χ4v) is 3.21. The molecule has 0 atom stereocenters. The fraction of sp³-hybridized carbons (Fsp3) is 0.125. The lowest BCUT2D eigenvalue weighted by Gasteiger charge is -2.08. The zero-order valence-corrected chi connectivity index (χ0v) is 17.0. The van der Waals surface area contributed by atoms with E-state index in [0.29, 0.717) is 11.5 Å². The van der Waals surface area contributed by atoms with Crippen LogP contribution in [0.5, 0.6) is 0 Å². The minimum Gasteiger partial charge on any atom is -0.319 e. The monoisotopic (exact) mass is 400 g/mol. The number of nitrogens with one attached hydrogen (secondary N) is 1. The molecule has 0 spiro atoms. The summed E-state index contributed by atoms with van der Waals surface area (Å²) in [6.45, 7) is 5.92. The number of hydrogen-bond donors (Lipinski definition) is 1. The first-order chi connectivity index (χ1) is 14.4. The summed E-state index contributed by atoms with van der Waals surface area (Å²) in [4.78, 5) is 17.4. The predicted octanol–water partition coefficient (Wildman–Crippen LogP) is 5.25. The van der Waals surface area contributed by atoms with Crippen LogP contribution in [0.3, 0.4) is 0 Å². The van der Waals surface area contributed by atoms with E-state index in [9.17, 15) is 9.18 Å². The Balaban J connectivity index is 1.77. The molecule has 0 radical (unpaired) electrons. The molecule has 0 aliphatic heterocycles. The number of rotatable bonds is 4. The second kappa shape index (κ2) is 7.91. The standard InChI is InChI=1S/C24H21FN4O/c1-15-6-4-8-18(14-15)23-27-22(28-29(23)20-12-10-19(25)11-13-20)24(30)26-21-9-5-7-16(2)17(21)3/h4-14H,1-3H3,(H,26,30). The maximum absolute atomic E-state index is 13.4. The molecular weight excluding hydrogens is 379 g/mol. The Labute approximate surface area is 174 Å². The van der Waals surface area contributed by atoms with Gasteiger partial charge in [-0.15, -0.1) is 5.10 Å². The summed E-state index contributed by atoms with van der Waals surface area (Å²) >= 11 is 0. The third-order valence-corrected chi connectivity index (χ3v) is 5.01. The summed E-state index contributed by atoms with van der Waals surface area (Å²) in [6.07, 6.45) is 0. The molecule has 6 heteroatoms. The molecule has 1 N–H and O–H groups in total. The van der Waals surface area contributed by atoms with Crippen molar-refractivity contribution >= 4 is 11.6 Å². The molecule has 0 unspecified atom stereocenters. The van der Waals surface area contributed by atoms with Crippen LogP contribution in [0.25, 0.3) is 17.1 Å². The van der Waals surface area contributed by atoms with E-state index in [1.165, 1.54) is 12.1 Å². The maximum Gasteiger partial charge on any atom is 0.295 e. The van der Waals surface area contributed by atoms with E-state index in [0.717, 1.165) is 27.9 Å². The van der Waals surface area contributed by atoms with Crippen LogP contribution in [-0.2, 0) is 0 Å². The number of halogens is 1. The summed E-state index contributed by atoms with van der Waals surface area (Å²) in [5.74, 6) is -0.199. The summed E-state index contributed by atoms with van der Waals surface area (Å²) < 4.78 is 15.0. The highest BCUT2D eigenvalue weighted by molar-refractivity contribution is 6.02. The van der Waals surface area contributed by atoms with E-state index >= 15 is 0 Å². The lowest BCUT2D eigenvalue weighted by atomic mass is 10.1. The van der Waals surface area contributed by atoms with Gasteiger partial charge in [-0.3, -0.25) is 4.79 Å². The van der Waals surface area contributed by atoms with Crippen molar-refractivity contribution in [1.82, 2.24) is 14.8 Å². The van der Waals surface area contributed by atoms with Crippen molar-refractivity contribution in [3.8, 4) is 17.1 Å². The van der Waals surface area contributed by atoms with E-state index in [-0.39, 0.29) is 11.6 Å². The molecule has 3 aromatic carbocycles. The number of carbonyl (C=O) groups excluding carboxylic acids is 1. The zero-order chi connectivity index (χ0) is 21.3. The lowest BCUT2D eigenvalue weighted by Crippen LogP contribution is -2.15. The molecule has 0 fully saturated rings. The van der Waals surface area contributed by atoms with Gasteiger partial charge in [0.05, 0.1) is 5.69 Å². The number of nitrogens with zero attached hydrogens (tertiary/aromatic N) is 3. The lowest BCUT2D eigenvalue weighted by molar-refractivity contribution is 0.101. The number of aromatic nitrogens is 3. The van der Waals surface area contributed by atoms with Crippen LogP contribution in [0.1, 0.15) is 27.3 Å². The molecule has 0 bridgehead atoms. The molecular formula is C24H21FN4O. The van der Waals surface area contributed by atoms with Gasteiger partial charge in [0.25, 0.3) is 5.91 Å². The third-order valence-electron chi connectivity index (χ3n) is 5.01. The Morgan fingerprint density at radius 2 is 1.70 bits per heavy atom. The van der Waals surface area contributed by atoms with Crippen molar-refractivity contribution in [3.05, 3.63) is 95.1 Å². The van der Waals surface area contributed by atoms with E-state index in [1.54, 1.807) is 16.8 Å². The molecule has 30 heavy (non-hydrogen) atoms. The predicted molar refractivity (Wildman–Crippen MR) is 115 cm³/mol. The average Bonchev–Trinajstić information content (AvgIpc) is 3.18. The smallest absolute Gasteiger partial charge is 0.295 e. The second-order valence-electron chi connectivity index (χ2n) is 7.22. The molecule has 5 nitrogen and oxygen atoms in total. The van der Waals surface area contributed by atoms with Crippen molar-refractivity contribution in [2.24, 2.45) is 0 Å². The van der Waals surface area contributed by atoms with E-state index in [1.807, 2.05) is 63.2 Å². The van der Waals surface area contributed by atoms with Gasteiger partial charge in [0, 0.05) is 11.3 Å². The van der Waals surface area contributed by atoms with Crippen molar-refractivity contribution in [2.75, 3.05) is 5.32 Å². The highest BCUT2D eigenvalue weighted by Gasteiger charge is 2.19. The molecule has 4 aromatic rings. The first kappa shape index (κ1) is 19.5. The van der Waals surface area contributed by atoms with Crippen LogP contribution in [0.2, 0.25) is 0 Å². The summed E-state index contributed by atoms with van der Waals surface area (Å²) in [5.41, 5.74) is 5.28. The topological polar surface area (TPSA) is 59.8 Å². The van der Waals surface area contributed by atoms with E-state index in [2.05, 4.69) is 15.4 Å². The maximum atomic E-state index is 13.4. The Kier molecular flexibility index (Phi) is 5.14. The quantitative estimate of drug-likeness (QED) is 0.509. The van der Waals surface area contributed by atoms with Crippen molar-refractivity contribution in [2.45, 2.75) is 20.8 Å². The summed E-state index contributed by atoms with van der Waals surface area (Å²) in [7, 11) is 0. The molecule has 4 rings (SSSR count). The van der Waals surface area contributed by atoms with Crippen molar-refractivity contribution in [1.29, 1.82) is 0 Å². The second-order valence-corrected chi connectivity index (χ2v) is 7.22. The van der Waals surface area contributed by atoms with Crippen LogP contribution in [0.4, 0.5) is 10.1 Å². The number of amides is 1. The summed E-state index contributed by atoms with van der Waals surface area (Å²) in [5, 5.41) is 7.33. The van der Waals surface area contributed by atoms with Crippen LogP contribution in [0, 0.1) is 26.6 Å². The summed E-state index contributed by atoms with van der Waals surface area (Å²) in [6, 6.07) is 19.4. The van der Waals surface area contributed by atoms with Gasteiger partial charge in [0.1, 0.15) is 5.82 Å². The minimum absolute atomic E-state index is 0.0386. The third kappa shape index (κ3) is 3.85. The molecule has 0 aliphatic carbocycles. The normalized spacial score (nSPS) is 10.8. The SMILES string of the molecule is Cc1cccc(-c2nc(C(=O)Nc3cccc(C)c3C)nn2-c2ccc(F)cc2)c1. The highest BCUT2D eigenvalue weighted by atomic mass is 19.1. The van der Waals surface area contributed by atoms with Gasteiger partial charge in [0.15, 0.2) is 5.82 Å². The fourth-order valence-electron chi connectivity index (χ4n) is 3.21. The molecule has 0 aliphatic rings. The molecule has 0 saturated heterocycles. The Morgan fingerprint density at radius 1 is 0.967 bits per heavy atom. The van der Waals surface area contributed by atoms with Crippen molar-refractivity contribution in [3.63, 3.8) is 0 Å². The van der Waals surface area contributed by atoms with Gasteiger partial charge >= 0.3 is 0 Å². The molecule has 1 heterocycles. The Hall–Kier alpha value is -3.80. The van der Waals surface area contributed by atoms with Gasteiger partial charge < -0.3 is 5.32 Å². The number of hydrogen-bond acceptors (Lipinski definition) is 3. The van der Waals surface area contributed by atoms with Crippen molar-refractivity contribution < 1.29 is 9.18 Å². The van der Waals surface area contributed by atoms with Gasteiger partial charge in [-0.25, -0.2) is 14.1 Å². The van der Waals surface area contributed by atoms with Gasteiger partial charge in [-0.05, 0) is 68.3 Å².